The fraction of sp³-hybridized carbons (Fsp3) is 0.312. The molecule has 0 aliphatic carbocycles. The molecule has 0 radical (unpaired) electrons. The predicted octanol–water partition coefficient (Wildman–Crippen LogP) is -0.852. The molecule has 25 heavy (non-hydrogen) atoms. The third kappa shape index (κ3) is 4.40. The average molecular weight is 345 g/mol. The highest BCUT2D eigenvalue weighted by molar-refractivity contribution is 6.35. The standard InChI is InChI=1S/C16H19N5O4/c1-9(2)17-14(23)15(24)19-18-13(22)8-12-10-6-4-5-7-11(10)16(25)21(3)20-12/h4-7,9H,8H2,1-3H3,(H,17,23)(H,18,22)(H,19,24). The molecule has 1 heterocycles. The van der Waals surface area contributed by atoms with Crippen molar-refractivity contribution in [1.82, 2.24) is 25.9 Å². The second-order valence-corrected chi connectivity index (χ2v) is 5.73. The quantitative estimate of drug-likeness (QED) is 0.494. The molecule has 0 unspecified atom stereocenters. The second kappa shape index (κ2) is 7.56. The Bertz CT molecular complexity index is 888. The number of aryl methyl sites for hydroxylation is 1. The zero-order valence-electron chi connectivity index (χ0n) is 14.1. The van der Waals surface area contributed by atoms with Gasteiger partial charge in [-0.3, -0.25) is 30.0 Å². The summed E-state index contributed by atoms with van der Waals surface area (Å²) >= 11 is 0. The monoisotopic (exact) mass is 345 g/mol. The Morgan fingerprint density at radius 3 is 2.36 bits per heavy atom. The van der Waals surface area contributed by atoms with Gasteiger partial charge in [0, 0.05) is 18.5 Å². The van der Waals surface area contributed by atoms with E-state index in [1.165, 1.54) is 7.05 Å². The molecule has 132 valence electrons. The van der Waals surface area contributed by atoms with Crippen LogP contribution in [-0.4, -0.2) is 33.5 Å². The van der Waals surface area contributed by atoms with Gasteiger partial charge in [-0.25, -0.2) is 4.68 Å². The first-order chi connectivity index (χ1) is 11.8. The van der Waals surface area contributed by atoms with Gasteiger partial charge in [0.1, 0.15) is 0 Å². The number of hydrogen-bond donors (Lipinski definition) is 3. The molecule has 9 heteroatoms. The van der Waals surface area contributed by atoms with Crippen molar-refractivity contribution in [3.05, 3.63) is 40.3 Å². The van der Waals surface area contributed by atoms with Crippen molar-refractivity contribution in [3.8, 4) is 0 Å². The van der Waals surface area contributed by atoms with Gasteiger partial charge in [0.25, 0.3) is 5.56 Å². The van der Waals surface area contributed by atoms with E-state index in [0.29, 0.717) is 16.5 Å². The number of benzene rings is 1. The summed E-state index contributed by atoms with van der Waals surface area (Å²) in [5, 5.41) is 7.50. The van der Waals surface area contributed by atoms with Crippen LogP contribution in [0.4, 0.5) is 0 Å². The molecule has 2 aromatic rings. The summed E-state index contributed by atoms with van der Waals surface area (Å²) in [6.07, 6.45) is -0.166. The minimum atomic E-state index is -0.972. The molecule has 3 amide bonds. The van der Waals surface area contributed by atoms with Crippen LogP contribution in [0.2, 0.25) is 0 Å². The van der Waals surface area contributed by atoms with E-state index >= 15 is 0 Å². The van der Waals surface area contributed by atoms with Crippen LogP contribution in [0.25, 0.3) is 10.8 Å². The number of aromatic nitrogens is 2. The summed E-state index contributed by atoms with van der Waals surface area (Å²) in [5.74, 6) is -2.39. The van der Waals surface area contributed by atoms with E-state index in [9.17, 15) is 19.2 Å². The van der Waals surface area contributed by atoms with Crippen molar-refractivity contribution in [3.63, 3.8) is 0 Å². The maximum Gasteiger partial charge on any atom is 0.327 e. The number of hydrogen-bond acceptors (Lipinski definition) is 5. The van der Waals surface area contributed by atoms with Crippen molar-refractivity contribution >= 4 is 28.5 Å². The average Bonchev–Trinajstić information content (AvgIpc) is 2.56. The van der Waals surface area contributed by atoms with Crippen LogP contribution in [0.15, 0.2) is 29.1 Å². The summed E-state index contributed by atoms with van der Waals surface area (Å²) < 4.78 is 1.15. The number of carbonyl (C=O) groups is 3. The first-order valence-corrected chi connectivity index (χ1v) is 7.64. The molecule has 0 aliphatic rings. The molecule has 1 aromatic carbocycles. The van der Waals surface area contributed by atoms with E-state index in [1.54, 1.807) is 38.1 Å². The van der Waals surface area contributed by atoms with Gasteiger partial charge >= 0.3 is 11.8 Å². The van der Waals surface area contributed by atoms with Gasteiger partial charge in [-0.2, -0.15) is 5.10 Å². The first-order valence-electron chi connectivity index (χ1n) is 7.64. The molecule has 0 bridgehead atoms. The summed E-state index contributed by atoms with van der Waals surface area (Å²) in [7, 11) is 1.49. The lowest BCUT2D eigenvalue weighted by Gasteiger charge is -2.10. The Morgan fingerprint density at radius 1 is 1.08 bits per heavy atom. The second-order valence-electron chi connectivity index (χ2n) is 5.73. The van der Waals surface area contributed by atoms with Crippen LogP contribution >= 0.6 is 0 Å². The topological polar surface area (TPSA) is 122 Å². The van der Waals surface area contributed by atoms with Gasteiger partial charge in [0.15, 0.2) is 0 Å². The Morgan fingerprint density at radius 2 is 1.72 bits per heavy atom. The Hall–Kier alpha value is -3.23. The maximum absolute atomic E-state index is 12.0. The molecule has 3 N–H and O–H groups in total. The minimum absolute atomic E-state index is 0.166. The van der Waals surface area contributed by atoms with E-state index in [1.807, 2.05) is 5.43 Å². The minimum Gasteiger partial charge on any atom is -0.346 e. The highest BCUT2D eigenvalue weighted by atomic mass is 16.2. The molecule has 0 atom stereocenters. The van der Waals surface area contributed by atoms with E-state index < -0.39 is 17.7 Å². The summed E-state index contributed by atoms with van der Waals surface area (Å²) in [4.78, 5) is 47.1. The smallest absolute Gasteiger partial charge is 0.327 e. The van der Waals surface area contributed by atoms with Crippen LogP contribution in [0, 0.1) is 0 Å². The van der Waals surface area contributed by atoms with Crippen molar-refractivity contribution in [2.24, 2.45) is 7.05 Å². The van der Waals surface area contributed by atoms with Gasteiger partial charge in [-0.05, 0) is 19.9 Å². The van der Waals surface area contributed by atoms with Crippen molar-refractivity contribution in [1.29, 1.82) is 0 Å². The van der Waals surface area contributed by atoms with Gasteiger partial charge in [0.05, 0.1) is 17.5 Å². The molecule has 9 nitrogen and oxygen atoms in total. The molecule has 1 aromatic heterocycles. The fourth-order valence-corrected chi connectivity index (χ4v) is 2.21. The first kappa shape index (κ1) is 18.1. The van der Waals surface area contributed by atoms with Gasteiger partial charge < -0.3 is 5.32 Å². The van der Waals surface area contributed by atoms with Gasteiger partial charge in [-0.1, -0.05) is 18.2 Å². The lowest BCUT2D eigenvalue weighted by atomic mass is 10.1. The van der Waals surface area contributed by atoms with Crippen LogP contribution in [0.1, 0.15) is 19.5 Å². The number of amides is 3. The third-order valence-electron chi connectivity index (χ3n) is 3.30. The van der Waals surface area contributed by atoms with Crippen molar-refractivity contribution < 1.29 is 14.4 Å². The summed E-state index contributed by atoms with van der Waals surface area (Å²) in [6, 6.07) is 6.61. The maximum atomic E-state index is 12.0. The molecular weight excluding hydrogens is 326 g/mol. The molecule has 0 fully saturated rings. The molecule has 0 saturated heterocycles. The van der Waals surface area contributed by atoms with Crippen LogP contribution in [0.3, 0.4) is 0 Å². The van der Waals surface area contributed by atoms with E-state index in [-0.39, 0.29) is 18.0 Å². The third-order valence-corrected chi connectivity index (χ3v) is 3.30. The highest BCUT2D eigenvalue weighted by Gasteiger charge is 2.16. The number of nitrogens with zero attached hydrogens (tertiary/aromatic N) is 2. The predicted molar refractivity (Wildman–Crippen MR) is 90.3 cm³/mol. The van der Waals surface area contributed by atoms with E-state index in [0.717, 1.165) is 4.68 Å². The Labute approximate surface area is 143 Å². The SMILES string of the molecule is CC(C)NC(=O)C(=O)NNC(=O)Cc1nn(C)c(=O)c2ccccc12. The molecule has 0 spiro atoms. The Kier molecular flexibility index (Phi) is 5.48. The molecule has 0 aliphatic heterocycles. The van der Waals surface area contributed by atoms with E-state index in [4.69, 9.17) is 0 Å². The highest BCUT2D eigenvalue weighted by Crippen LogP contribution is 2.13. The number of carbonyl (C=O) groups excluding carboxylic acids is 3. The van der Waals surface area contributed by atoms with Gasteiger partial charge in [0.2, 0.25) is 5.91 Å². The summed E-state index contributed by atoms with van der Waals surface area (Å²) in [5.41, 5.74) is 4.31. The number of nitrogens with one attached hydrogen (secondary N) is 3. The number of rotatable bonds is 3. The fourth-order valence-electron chi connectivity index (χ4n) is 2.21. The van der Waals surface area contributed by atoms with Gasteiger partial charge in [-0.15, -0.1) is 0 Å². The van der Waals surface area contributed by atoms with Crippen molar-refractivity contribution in [2.75, 3.05) is 0 Å². The Balaban J connectivity index is 2.08. The lowest BCUT2D eigenvalue weighted by Crippen LogP contribution is -2.50. The summed E-state index contributed by atoms with van der Waals surface area (Å²) in [6.45, 7) is 3.42. The van der Waals surface area contributed by atoms with Crippen LogP contribution in [0.5, 0.6) is 0 Å². The lowest BCUT2D eigenvalue weighted by molar-refractivity contribution is -0.141. The number of fused-ring (bicyclic) bond motifs is 1. The molecule has 0 saturated carbocycles. The number of hydrazine groups is 1. The largest absolute Gasteiger partial charge is 0.346 e. The zero-order valence-corrected chi connectivity index (χ0v) is 14.1. The van der Waals surface area contributed by atoms with Crippen LogP contribution in [-0.2, 0) is 27.9 Å². The molecular formula is C16H19N5O4. The molecule has 2 rings (SSSR count). The van der Waals surface area contributed by atoms with E-state index in [2.05, 4.69) is 15.8 Å². The zero-order chi connectivity index (χ0) is 18.6. The normalized spacial score (nSPS) is 10.6. The van der Waals surface area contributed by atoms with Crippen LogP contribution < -0.4 is 21.7 Å². The van der Waals surface area contributed by atoms with Crippen molar-refractivity contribution in [2.45, 2.75) is 26.3 Å².